The van der Waals surface area contributed by atoms with E-state index in [-0.39, 0.29) is 5.41 Å². The number of rotatable bonds is 5. The van der Waals surface area contributed by atoms with Crippen LogP contribution in [0.3, 0.4) is 0 Å². The van der Waals surface area contributed by atoms with Crippen molar-refractivity contribution in [1.29, 1.82) is 0 Å². The van der Waals surface area contributed by atoms with Crippen molar-refractivity contribution in [3.8, 4) is 67.1 Å². The Labute approximate surface area is 333 Å². The van der Waals surface area contributed by atoms with Gasteiger partial charge in [-0.2, -0.15) is 0 Å². The van der Waals surface area contributed by atoms with E-state index in [0.717, 1.165) is 50.8 Å². The molecule has 0 fully saturated rings. The molecule has 0 atom stereocenters. The molecular weight excluding hydrogens is 691 g/mol. The van der Waals surface area contributed by atoms with Crippen LogP contribution in [0.2, 0.25) is 0 Å². The molecule has 11 rings (SSSR count). The summed E-state index contributed by atoms with van der Waals surface area (Å²) < 4.78 is 7.01. The second kappa shape index (κ2) is 13.0. The van der Waals surface area contributed by atoms with E-state index in [1.807, 2.05) is 0 Å². The summed E-state index contributed by atoms with van der Waals surface area (Å²) in [7, 11) is 0. The van der Waals surface area contributed by atoms with Crippen LogP contribution in [0, 0.1) is 0 Å². The molecule has 9 aromatic carbocycles. The van der Waals surface area contributed by atoms with Gasteiger partial charge in [-0.25, -0.2) is 0 Å². The number of anilines is 3. The summed E-state index contributed by atoms with van der Waals surface area (Å²) in [6, 6.07) is 72.6. The van der Waals surface area contributed by atoms with Crippen molar-refractivity contribution in [2.24, 2.45) is 0 Å². The molecule has 0 aromatic heterocycles. The number of benzene rings is 9. The van der Waals surface area contributed by atoms with Crippen LogP contribution >= 0.6 is 0 Å². The maximum Gasteiger partial charge on any atom is 0.137 e. The maximum atomic E-state index is 7.01. The average molecular weight is 730 g/mol. The zero-order chi connectivity index (χ0) is 38.1. The predicted octanol–water partition coefficient (Wildman–Crippen LogP) is 15.4. The van der Waals surface area contributed by atoms with Crippen molar-refractivity contribution < 1.29 is 4.74 Å². The SMILES string of the molecule is CC1(C)c2ccccc2-c2ccc(N(c3cc(-c4ccccc4)cc(-c4ccccc4)c3)c3ccc4c(c3)Oc3ccccc3-c3c-4ccc4ccccc34)cc21. The predicted molar refractivity (Wildman–Crippen MR) is 238 cm³/mol. The lowest BCUT2D eigenvalue weighted by Crippen LogP contribution is -2.16. The van der Waals surface area contributed by atoms with Crippen molar-refractivity contribution in [2.45, 2.75) is 19.3 Å². The van der Waals surface area contributed by atoms with E-state index in [9.17, 15) is 0 Å². The molecule has 1 heterocycles. The fourth-order valence-electron chi connectivity index (χ4n) is 9.24. The number of hydrogen-bond acceptors (Lipinski definition) is 2. The lowest BCUT2D eigenvalue weighted by molar-refractivity contribution is 0.488. The number of ether oxygens (including phenoxy) is 1. The summed E-state index contributed by atoms with van der Waals surface area (Å²) in [5.74, 6) is 1.68. The van der Waals surface area contributed by atoms with Crippen LogP contribution in [0.25, 0.3) is 66.4 Å². The molecule has 270 valence electrons. The summed E-state index contributed by atoms with van der Waals surface area (Å²) in [5.41, 5.74) is 17.6. The van der Waals surface area contributed by atoms with Gasteiger partial charge in [0.15, 0.2) is 0 Å². The third-order valence-corrected chi connectivity index (χ3v) is 12.0. The van der Waals surface area contributed by atoms with Gasteiger partial charge < -0.3 is 9.64 Å². The Morgan fingerprint density at radius 1 is 0.368 bits per heavy atom. The van der Waals surface area contributed by atoms with Gasteiger partial charge in [-0.3, -0.25) is 0 Å². The van der Waals surface area contributed by atoms with E-state index in [1.54, 1.807) is 0 Å². The summed E-state index contributed by atoms with van der Waals surface area (Å²) >= 11 is 0. The molecule has 1 aliphatic carbocycles. The van der Waals surface area contributed by atoms with Crippen LogP contribution < -0.4 is 9.64 Å². The Morgan fingerprint density at radius 2 is 0.947 bits per heavy atom. The van der Waals surface area contributed by atoms with E-state index >= 15 is 0 Å². The van der Waals surface area contributed by atoms with Crippen molar-refractivity contribution in [1.82, 2.24) is 0 Å². The third kappa shape index (κ3) is 5.40. The minimum atomic E-state index is -0.151. The molecule has 1 aliphatic heterocycles. The minimum absolute atomic E-state index is 0.151. The molecule has 57 heavy (non-hydrogen) atoms. The molecule has 0 saturated carbocycles. The Bertz CT molecular complexity index is 2960. The van der Waals surface area contributed by atoms with E-state index < -0.39 is 0 Å². The smallest absolute Gasteiger partial charge is 0.137 e. The standard InChI is InChI=1S/C55H39NO/c1-55(2)50-23-13-11-21-45(50)46-29-26-41(34-51(46)55)56(43-32-39(36-15-5-3-6-16-36)31-40(33-43)37-17-7-4-8-18-37)42-27-30-47-48-28-25-38-19-9-10-20-44(38)54(48)49-22-12-14-24-52(49)57-53(47)35-42/h3-35H,1-2H3. The van der Waals surface area contributed by atoms with E-state index in [1.165, 1.54) is 55.3 Å². The van der Waals surface area contributed by atoms with Crippen LogP contribution in [0.15, 0.2) is 200 Å². The largest absolute Gasteiger partial charge is 0.456 e. The lowest BCUT2D eigenvalue weighted by atomic mass is 9.82. The molecule has 0 bridgehead atoms. The molecular formula is C55H39NO. The molecule has 0 amide bonds. The van der Waals surface area contributed by atoms with Crippen LogP contribution in [0.5, 0.6) is 11.5 Å². The van der Waals surface area contributed by atoms with Gasteiger partial charge in [0.05, 0.1) is 0 Å². The third-order valence-electron chi connectivity index (χ3n) is 12.0. The van der Waals surface area contributed by atoms with Crippen molar-refractivity contribution in [3.63, 3.8) is 0 Å². The van der Waals surface area contributed by atoms with Gasteiger partial charge in [0.2, 0.25) is 0 Å². The zero-order valence-electron chi connectivity index (χ0n) is 31.9. The van der Waals surface area contributed by atoms with Crippen LogP contribution in [0.4, 0.5) is 17.1 Å². The average Bonchev–Trinajstić information content (AvgIpc) is 3.39. The Morgan fingerprint density at radius 3 is 1.70 bits per heavy atom. The number of para-hydroxylation sites is 1. The minimum Gasteiger partial charge on any atom is -0.456 e. The Kier molecular flexibility index (Phi) is 7.55. The fraction of sp³-hybridized carbons (Fsp3) is 0.0545. The van der Waals surface area contributed by atoms with Gasteiger partial charge in [-0.1, -0.05) is 159 Å². The van der Waals surface area contributed by atoms with Gasteiger partial charge in [0.1, 0.15) is 11.5 Å². The molecule has 0 saturated heterocycles. The van der Waals surface area contributed by atoms with Gasteiger partial charge >= 0.3 is 0 Å². The topological polar surface area (TPSA) is 12.5 Å². The van der Waals surface area contributed by atoms with Crippen molar-refractivity contribution in [3.05, 3.63) is 211 Å². The summed E-state index contributed by atoms with van der Waals surface area (Å²) in [6.45, 7) is 4.70. The van der Waals surface area contributed by atoms with Gasteiger partial charge in [0, 0.05) is 45.2 Å². The molecule has 0 unspecified atom stereocenters. The monoisotopic (exact) mass is 729 g/mol. The second-order valence-corrected chi connectivity index (χ2v) is 15.7. The van der Waals surface area contributed by atoms with Crippen LogP contribution in [0.1, 0.15) is 25.0 Å². The molecule has 2 aliphatic rings. The van der Waals surface area contributed by atoms with Gasteiger partial charge in [-0.05, 0) is 109 Å². The van der Waals surface area contributed by atoms with E-state index in [4.69, 9.17) is 4.74 Å². The summed E-state index contributed by atoms with van der Waals surface area (Å²) in [6.07, 6.45) is 0. The highest BCUT2D eigenvalue weighted by atomic mass is 16.5. The Hall–Kier alpha value is -7.16. The van der Waals surface area contributed by atoms with Crippen molar-refractivity contribution >= 4 is 27.8 Å². The van der Waals surface area contributed by atoms with Crippen LogP contribution in [-0.2, 0) is 5.41 Å². The normalized spacial score (nSPS) is 13.0. The van der Waals surface area contributed by atoms with Gasteiger partial charge in [0.25, 0.3) is 0 Å². The van der Waals surface area contributed by atoms with Crippen LogP contribution in [-0.4, -0.2) is 0 Å². The molecule has 0 spiro atoms. The molecule has 2 nitrogen and oxygen atoms in total. The highest BCUT2D eigenvalue weighted by Gasteiger charge is 2.36. The number of nitrogens with zero attached hydrogens (tertiary/aromatic N) is 1. The first-order valence-electron chi connectivity index (χ1n) is 19.8. The fourth-order valence-corrected chi connectivity index (χ4v) is 9.24. The molecule has 0 radical (unpaired) electrons. The number of fused-ring (bicyclic) bond motifs is 10. The second-order valence-electron chi connectivity index (χ2n) is 15.7. The summed E-state index contributed by atoms with van der Waals surface area (Å²) in [4.78, 5) is 2.42. The lowest BCUT2D eigenvalue weighted by Gasteiger charge is -2.29. The highest BCUT2D eigenvalue weighted by molar-refractivity contribution is 6.07. The zero-order valence-corrected chi connectivity index (χ0v) is 31.9. The number of hydrogen-bond donors (Lipinski definition) is 0. The van der Waals surface area contributed by atoms with Crippen molar-refractivity contribution in [2.75, 3.05) is 4.90 Å². The maximum absolute atomic E-state index is 7.01. The molecule has 9 aromatic rings. The molecule has 0 N–H and O–H groups in total. The van der Waals surface area contributed by atoms with E-state index in [0.29, 0.717) is 0 Å². The van der Waals surface area contributed by atoms with E-state index in [2.05, 4.69) is 219 Å². The summed E-state index contributed by atoms with van der Waals surface area (Å²) in [5, 5.41) is 2.43. The quantitative estimate of drug-likeness (QED) is 0.175. The highest BCUT2D eigenvalue weighted by Crippen LogP contribution is 2.53. The molecule has 2 heteroatoms. The first kappa shape index (κ1) is 33.2. The first-order valence-corrected chi connectivity index (χ1v) is 19.8. The van der Waals surface area contributed by atoms with Gasteiger partial charge in [-0.15, -0.1) is 0 Å². The Balaban J connectivity index is 1.16. The first-order chi connectivity index (χ1) is 28.0.